The molecule has 2 aromatic carbocycles. The second-order valence-electron chi connectivity index (χ2n) is 6.68. The summed E-state index contributed by atoms with van der Waals surface area (Å²) in [5, 5.41) is 4.23. The molecule has 1 aliphatic rings. The largest absolute Gasteiger partial charge is 0.337 e. The minimum atomic E-state index is 0.462. The van der Waals surface area contributed by atoms with E-state index in [0.717, 1.165) is 42.6 Å². The number of hydrogen-bond acceptors (Lipinski definition) is 3. The predicted octanol–water partition coefficient (Wildman–Crippen LogP) is 5.08. The molecule has 0 spiro atoms. The summed E-state index contributed by atoms with van der Waals surface area (Å²) in [5.74, 6) is 1.59. The van der Waals surface area contributed by atoms with Gasteiger partial charge in [-0.15, -0.1) is 0 Å². The number of nitrogens with zero attached hydrogens (tertiary/aromatic N) is 2. The van der Waals surface area contributed by atoms with Gasteiger partial charge in [-0.3, -0.25) is 4.99 Å². The fraction of sp³-hybridized carbons (Fsp3) is 0.381. The Morgan fingerprint density at radius 3 is 2.56 bits per heavy atom. The molecule has 3 rings (SSSR count). The summed E-state index contributed by atoms with van der Waals surface area (Å²) < 4.78 is 0. The standard InChI is InChI=1S/C21H26ClN3/c1-3-16(2)20-15-23-21(24-19-11-9-18(22)10-12-19)25(20)14-13-17-7-5-4-6-8-17/h4-12,16,20H,3,13-15H2,1-2H3,(H,23,24)/t16-,20+/m0/s1. The van der Waals surface area contributed by atoms with Gasteiger partial charge in [0.05, 0.1) is 12.6 Å². The van der Waals surface area contributed by atoms with Gasteiger partial charge in [0.15, 0.2) is 5.96 Å². The van der Waals surface area contributed by atoms with Gasteiger partial charge >= 0.3 is 0 Å². The van der Waals surface area contributed by atoms with Crippen LogP contribution >= 0.6 is 11.6 Å². The zero-order chi connectivity index (χ0) is 17.6. The number of benzene rings is 2. The quantitative estimate of drug-likeness (QED) is 0.782. The number of aliphatic imine (C=N–C) groups is 1. The van der Waals surface area contributed by atoms with Crippen molar-refractivity contribution < 1.29 is 0 Å². The Hall–Kier alpha value is -2.00. The first-order valence-corrected chi connectivity index (χ1v) is 9.42. The molecule has 0 aromatic heterocycles. The predicted molar refractivity (Wildman–Crippen MR) is 107 cm³/mol. The van der Waals surface area contributed by atoms with Gasteiger partial charge in [0.2, 0.25) is 0 Å². The summed E-state index contributed by atoms with van der Waals surface area (Å²) in [7, 11) is 0. The van der Waals surface area contributed by atoms with Gasteiger partial charge in [-0.1, -0.05) is 62.2 Å². The van der Waals surface area contributed by atoms with Crippen LogP contribution in [0.25, 0.3) is 0 Å². The minimum absolute atomic E-state index is 0.462. The van der Waals surface area contributed by atoms with Gasteiger partial charge < -0.3 is 10.2 Å². The van der Waals surface area contributed by atoms with Gasteiger partial charge in [0.1, 0.15) is 0 Å². The van der Waals surface area contributed by atoms with Crippen molar-refractivity contribution in [1.82, 2.24) is 4.90 Å². The molecule has 0 saturated heterocycles. The molecule has 25 heavy (non-hydrogen) atoms. The van der Waals surface area contributed by atoms with Crippen molar-refractivity contribution in [1.29, 1.82) is 0 Å². The molecule has 0 fully saturated rings. The molecule has 0 aliphatic carbocycles. The zero-order valence-electron chi connectivity index (χ0n) is 15.0. The summed E-state index contributed by atoms with van der Waals surface area (Å²) in [6.45, 7) is 6.41. The zero-order valence-corrected chi connectivity index (χ0v) is 15.7. The maximum absolute atomic E-state index is 5.99. The Morgan fingerprint density at radius 2 is 1.88 bits per heavy atom. The average molecular weight is 356 g/mol. The third kappa shape index (κ3) is 4.55. The van der Waals surface area contributed by atoms with Gasteiger partial charge in [-0.25, -0.2) is 0 Å². The maximum atomic E-state index is 5.99. The molecule has 0 bridgehead atoms. The van der Waals surface area contributed by atoms with Crippen molar-refractivity contribution in [3.05, 3.63) is 65.2 Å². The van der Waals surface area contributed by atoms with Crippen LogP contribution in [0.15, 0.2) is 59.6 Å². The first kappa shape index (κ1) is 17.8. The van der Waals surface area contributed by atoms with Crippen molar-refractivity contribution >= 4 is 23.2 Å². The summed E-state index contributed by atoms with van der Waals surface area (Å²) in [6, 6.07) is 18.9. The molecule has 0 saturated carbocycles. The summed E-state index contributed by atoms with van der Waals surface area (Å²) >= 11 is 5.99. The van der Waals surface area contributed by atoms with E-state index in [4.69, 9.17) is 16.6 Å². The van der Waals surface area contributed by atoms with Crippen LogP contribution in [0, 0.1) is 5.92 Å². The van der Waals surface area contributed by atoms with E-state index in [1.165, 1.54) is 5.56 Å². The Labute approximate surface area is 155 Å². The SMILES string of the molecule is CC[C@H](C)[C@H]1CN=C(Nc2ccc(Cl)cc2)N1CCc1ccccc1. The van der Waals surface area contributed by atoms with E-state index in [0.29, 0.717) is 12.0 Å². The third-order valence-corrected chi connectivity index (χ3v) is 5.24. The Bertz CT molecular complexity index is 697. The smallest absolute Gasteiger partial charge is 0.198 e. The van der Waals surface area contributed by atoms with Crippen molar-refractivity contribution in [3.8, 4) is 0 Å². The Kier molecular flexibility index (Phi) is 5.98. The molecule has 1 heterocycles. The Balaban J connectivity index is 1.72. The van der Waals surface area contributed by atoms with Crippen LogP contribution in [0.5, 0.6) is 0 Å². The molecule has 132 valence electrons. The van der Waals surface area contributed by atoms with Gasteiger partial charge in [0.25, 0.3) is 0 Å². The summed E-state index contributed by atoms with van der Waals surface area (Å²) in [4.78, 5) is 7.24. The topological polar surface area (TPSA) is 27.6 Å². The molecule has 0 unspecified atom stereocenters. The molecule has 4 heteroatoms. The number of halogens is 1. The molecule has 1 aliphatic heterocycles. The van der Waals surface area contributed by atoms with Crippen molar-refractivity contribution in [2.45, 2.75) is 32.7 Å². The second-order valence-corrected chi connectivity index (χ2v) is 7.11. The first-order chi connectivity index (χ1) is 12.2. The number of rotatable bonds is 6. The lowest BCUT2D eigenvalue weighted by Gasteiger charge is -2.32. The molecular weight excluding hydrogens is 330 g/mol. The molecule has 3 nitrogen and oxygen atoms in total. The fourth-order valence-electron chi connectivity index (χ4n) is 3.23. The van der Waals surface area contributed by atoms with E-state index in [9.17, 15) is 0 Å². The molecule has 1 N–H and O–H groups in total. The first-order valence-electron chi connectivity index (χ1n) is 9.05. The van der Waals surface area contributed by atoms with Crippen LogP contribution in [-0.4, -0.2) is 30.0 Å². The van der Waals surface area contributed by atoms with Gasteiger partial charge in [0, 0.05) is 17.3 Å². The highest BCUT2D eigenvalue weighted by Crippen LogP contribution is 2.23. The molecule has 0 radical (unpaired) electrons. The van der Waals surface area contributed by atoms with Crippen molar-refractivity contribution in [2.75, 3.05) is 18.4 Å². The third-order valence-electron chi connectivity index (χ3n) is 4.99. The normalized spacial score (nSPS) is 18.1. The van der Waals surface area contributed by atoms with E-state index >= 15 is 0 Å². The van der Waals surface area contributed by atoms with E-state index in [1.54, 1.807) is 0 Å². The van der Waals surface area contributed by atoms with Crippen LogP contribution in [0.3, 0.4) is 0 Å². The van der Waals surface area contributed by atoms with E-state index < -0.39 is 0 Å². The van der Waals surface area contributed by atoms with Crippen LogP contribution in [0.1, 0.15) is 25.8 Å². The summed E-state index contributed by atoms with van der Waals surface area (Å²) in [5.41, 5.74) is 2.39. The van der Waals surface area contributed by atoms with Crippen LogP contribution in [-0.2, 0) is 6.42 Å². The lowest BCUT2D eigenvalue weighted by atomic mass is 9.98. The highest BCUT2D eigenvalue weighted by molar-refractivity contribution is 6.30. The van der Waals surface area contributed by atoms with Crippen LogP contribution < -0.4 is 5.32 Å². The maximum Gasteiger partial charge on any atom is 0.198 e. The van der Waals surface area contributed by atoms with Crippen molar-refractivity contribution in [2.24, 2.45) is 10.9 Å². The minimum Gasteiger partial charge on any atom is -0.337 e. The fourth-order valence-corrected chi connectivity index (χ4v) is 3.35. The lowest BCUT2D eigenvalue weighted by molar-refractivity contribution is 0.260. The average Bonchev–Trinajstić information content (AvgIpc) is 3.04. The summed E-state index contributed by atoms with van der Waals surface area (Å²) in [6.07, 6.45) is 2.19. The molecule has 2 atom stereocenters. The number of guanidine groups is 1. The molecule has 2 aromatic rings. The van der Waals surface area contributed by atoms with Crippen LogP contribution in [0.2, 0.25) is 5.02 Å². The number of anilines is 1. The molecule has 0 amide bonds. The number of nitrogens with one attached hydrogen (secondary N) is 1. The van der Waals surface area contributed by atoms with Crippen LogP contribution in [0.4, 0.5) is 5.69 Å². The number of hydrogen-bond donors (Lipinski definition) is 1. The van der Waals surface area contributed by atoms with Gasteiger partial charge in [-0.2, -0.15) is 0 Å². The highest BCUT2D eigenvalue weighted by atomic mass is 35.5. The lowest BCUT2D eigenvalue weighted by Crippen LogP contribution is -2.44. The van der Waals surface area contributed by atoms with E-state index in [-0.39, 0.29) is 0 Å². The van der Waals surface area contributed by atoms with Crippen molar-refractivity contribution in [3.63, 3.8) is 0 Å². The van der Waals surface area contributed by atoms with E-state index in [1.807, 2.05) is 24.3 Å². The Morgan fingerprint density at radius 1 is 1.16 bits per heavy atom. The van der Waals surface area contributed by atoms with Gasteiger partial charge in [-0.05, 0) is 42.2 Å². The second kappa shape index (κ2) is 8.39. The molecular formula is C21H26ClN3. The van der Waals surface area contributed by atoms with E-state index in [2.05, 4.69) is 54.4 Å². The highest BCUT2D eigenvalue weighted by Gasteiger charge is 2.30. The monoisotopic (exact) mass is 355 g/mol.